The van der Waals surface area contributed by atoms with Crippen LogP contribution in [0, 0.1) is 0 Å². The molecule has 0 radical (unpaired) electrons. The van der Waals surface area contributed by atoms with E-state index in [0.717, 1.165) is 11.1 Å². The van der Waals surface area contributed by atoms with Crippen LogP contribution in [0.5, 0.6) is 17.2 Å². The molecule has 0 saturated heterocycles. The number of rotatable bonds is 12. The zero-order valence-corrected chi connectivity index (χ0v) is 22.1. The Balaban J connectivity index is 1.64. The van der Waals surface area contributed by atoms with Gasteiger partial charge in [0.05, 0.1) is 14.2 Å². The average molecular weight is 525 g/mol. The molecular weight excluding hydrogens is 492 g/mol. The van der Waals surface area contributed by atoms with Gasteiger partial charge in [-0.25, -0.2) is 0 Å². The Labute approximate surface area is 228 Å². The number of nitrogens with zero attached hydrogens (tertiary/aromatic N) is 1. The molecule has 0 aliphatic rings. The zero-order valence-electron chi connectivity index (χ0n) is 22.1. The Morgan fingerprint density at radius 3 is 2.05 bits per heavy atom. The van der Waals surface area contributed by atoms with Gasteiger partial charge in [-0.2, -0.15) is 0 Å². The minimum absolute atomic E-state index is 0.197. The SMILES string of the molecule is COc1ccc(CN(C(=O)COc2ccccc2)C(C(=O)NCc2ccccc2OC)c2ccccc2)cc1. The third-order valence-electron chi connectivity index (χ3n) is 6.26. The van der Waals surface area contributed by atoms with Crippen molar-refractivity contribution in [2.24, 2.45) is 0 Å². The van der Waals surface area contributed by atoms with Gasteiger partial charge in [0.25, 0.3) is 5.91 Å². The summed E-state index contributed by atoms with van der Waals surface area (Å²) >= 11 is 0. The lowest BCUT2D eigenvalue weighted by Gasteiger charge is -2.31. The molecule has 0 fully saturated rings. The van der Waals surface area contributed by atoms with E-state index >= 15 is 0 Å². The maximum Gasteiger partial charge on any atom is 0.261 e. The smallest absolute Gasteiger partial charge is 0.261 e. The van der Waals surface area contributed by atoms with Crippen molar-refractivity contribution in [3.8, 4) is 17.2 Å². The van der Waals surface area contributed by atoms with Crippen molar-refractivity contribution >= 4 is 11.8 Å². The second-order valence-electron chi connectivity index (χ2n) is 8.81. The van der Waals surface area contributed by atoms with Gasteiger partial charge in [-0.3, -0.25) is 9.59 Å². The fraction of sp³-hybridized carbons (Fsp3) is 0.188. The van der Waals surface area contributed by atoms with Crippen LogP contribution in [-0.2, 0) is 22.7 Å². The Morgan fingerprint density at radius 2 is 1.38 bits per heavy atom. The number of ether oxygens (including phenoxy) is 3. The zero-order chi connectivity index (χ0) is 27.5. The maximum atomic E-state index is 13.8. The first-order valence-corrected chi connectivity index (χ1v) is 12.6. The molecule has 1 unspecified atom stereocenters. The van der Waals surface area contributed by atoms with Gasteiger partial charge in [-0.1, -0.05) is 78.9 Å². The molecule has 0 spiro atoms. The Bertz CT molecular complexity index is 1340. The molecule has 0 aromatic heterocycles. The Kier molecular flexibility index (Phi) is 9.56. The van der Waals surface area contributed by atoms with E-state index in [9.17, 15) is 9.59 Å². The summed E-state index contributed by atoms with van der Waals surface area (Å²) in [7, 11) is 3.19. The fourth-order valence-corrected chi connectivity index (χ4v) is 4.23. The van der Waals surface area contributed by atoms with Crippen LogP contribution >= 0.6 is 0 Å². The van der Waals surface area contributed by atoms with E-state index in [1.165, 1.54) is 0 Å². The van der Waals surface area contributed by atoms with Crippen molar-refractivity contribution in [1.82, 2.24) is 10.2 Å². The van der Waals surface area contributed by atoms with Crippen molar-refractivity contribution in [3.05, 3.63) is 126 Å². The summed E-state index contributed by atoms with van der Waals surface area (Å²) in [6.45, 7) is 0.225. The lowest BCUT2D eigenvalue weighted by molar-refractivity contribution is -0.143. The molecule has 1 atom stereocenters. The monoisotopic (exact) mass is 524 g/mol. The molecule has 39 heavy (non-hydrogen) atoms. The van der Waals surface area contributed by atoms with E-state index in [2.05, 4.69) is 5.32 Å². The van der Waals surface area contributed by atoms with Crippen LogP contribution in [0.3, 0.4) is 0 Å². The fourth-order valence-electron chi connectivity index (χ4n) is 4.23. The third-order valence-corrected chi connectivity index (χ3v) is 6.26. The molecular formula is C32H32N2O5. The van der Waals surface area contributed by atoms with Gasteiger partial charge >= 0.3 is 0 Å². The van der Waals surface area contributed by atoms with Gasteiger partial charge in [0, 0.05) is 18.7 Å². The van der Waals surface area contributed by atoms with E-state index in [1.54, 1.807) is 31.3 Å². The standard InChI is InChI=1S/C32H32N2O5/c1-37-27-19-17-24(18-20-27)22-34(30(35)23-39-28-14-7-4-8-15-28)31(25-11-5-3-6-12-25)32(36)33-21-26-13-9-10-16-29(26)38-2/h3-20,31H,21-23H2,1-2H3,(H,33,36). The van der Waals surface area contributed by atoms with Crippen LogP contribution in [0.1, 0.15) is 22.7 Å². The van der Waals surface area contributed by atoms with Gasteiger partial charge in [0.2, 0.25) is 5.91 Å². The lowest BCUT2D eigenvalue weighted by atomic mass is 10.0. The summed E-state index contributed by atoms with van der Waals surface area (Å²) in [6.07, 6.45) is 0. The highest BCUT2D eigenvalue weighted by Gasteiger charge is 2.32. The molecule has 4 aromatic rings. The van der Waals surface area contributed by atoms with Crippen LogP contribution in [-0.4, -0.2) is 37.5 Å². The van der Waals surface area contributed by atoms with Crippen LogP contribution in [0.4, 0.5) is 0 Å². The van der Waals surface area contributed by atoms with Gasteiger partial charge in [0.1, 0.15) is 23.3 Å². The summed E-state index contributed by atoms with van der Waals surface area (Å²) < 4.78 is 16.5. The number of methoxy groups -OCH3 is 2. The molecule has 4 rings (SSSR count). The lowest BCUT2D eigenvalue weighted by Crippen LogP contribution is -2.45. The summed E-state index contributed by atoms with van der Waals surface area (Å²) in [5.41, 5.74) is 2.37. The predicted octanol–water partition coefficient (Wildman–Crippen LogP) is 5.17. The number of hydrogen-bond donors (Lipinski definition) is 1. The molecule has 4 aromatic carbocycles. The molecule has 1 N–H and O–H groups in total. The van der Waals surface area contributed by atoms with E-state index in [-0.39, 0.29) is 31.5 Å². The number of carbonyl (C=O) groups excluding carboxylic acids is 2. The normalized spacial score (nSPS) is 11.2. The molecule has 2 amide bonds. The molecule has 0 saturated carbocycles. The highest BCUT2D eigenvalue weighted by atomic mass is 16.5. The molecule has 0 bridgehead atoms. The number of benzene rings is 4. The van der Waals surface area contributed by atoms with Crippen molar-refractivity contribution in [3.63, 3.8) is 0 Å². The van der Waals surface area contributed by atoms with E-state index in [0.29, 0.717) is 22.8 Å². The van der Waals surface area contributed by atoms with Gasteiger partial charge < -0.3 is 24.4 Å². The number of nitrogens with one attached hydrogen (secondary N) is 1. The first kappa shape index (κ1) is 27.3. The highest BCUT2D eigenvalue weighted by Crippen LogP contribution is 2.26. The van der Waals surface area contributed by atoms with Crippen LogP contribution in [0.2, 0.25) is 0 Å². The molecule has 7 heteroatoms. The van der Waals surface area contributed by atoms with E-state index in [1.807, 2.05) is 97.1 Å². The van der Waals surface area contributed by atoms with Gasteiger partial charge in [-0.15, -0.1) is 0 Å². The summed E-state index contributed by atoms with van der Waals surface area (Å²) in [4.78, 5) is 29.1. The van der Waals surface area contributed by atoms with Crippen LogP contribution in [0.25, 0.3) is 0 Å². The Hall–Kier alpha value is -4.78. The topological polar surface area (TPSA) is 77.1 Å². The molecule has 0 aliphatic carbocycles. The highest BCUT2D eigenvalue weighted by molar-refractivity contribution is 5.89. The van der Waals surface area contributed by atoms with Crippen molar-refractivity contribution in [2.75, 3.05) is 20.8 Å². The first-order chi connectivity index (χ1) is 19.1. The Morgan fingerprint density at radius 1 is 0.744 bits per heavy atom. The first-order valence-electron chi connectivity index (χ1n) is 12.6. The largest absolute Gasteiger partial charge is 0.497 e. The summed E-state index contributed by atoms with van der Waals surface area (Å²) in [6, 6.07) is 32.4. The quantitative estimate of drug-likeness (QED) is 0.277. The van der Waals surface area contributed by atoms with E-state index < -0.39 is 6.04 Å². The number of para-hydroxylation sites is 2. The number of hydrogen-bond acceptors (Lipinski definition) is 5. The molecule has 7 nitrogen and oxygen atoms in total. The number of carbonyl (C=O) groups is 2. The maximum absolute atomic E-state index is 13.8. The predicted molar refractivity (Wildman–Crippen MR) is 150 cm³/mol. The van der Waals surface area contributed by atoms with Gasteiger partial charge in [-0.05, 0) is 41.5 Å². The minimum Gasteiger partial charge on any atom is -0.497 e. The molecule has 0 heterocycles. The second-order valence-corrected chi connectivity index (χ2v) is 8.81. The average Bonchev–Trinajstić information content (AvgIpc) is 3.00. The third kappa shape index (κ3) is 7.38. The molecule has 0 aliphatic heterocycles. The van der Waals surface area contributed by atoms with Crippen molar-refractivity contribution < 1.29 is 23.8 Å². The van der Waals surface area contributed by atoms with Gasteiger partial charge in [0.15, 0.2) is 6.61 Å². The van der Waals surface area contributed by atoms with Crippen LogP contribution < -0.4 is 19.5 Å². The second kappa shape index (κ2) is 13.7. The minimum atomic E-state index is -0.894. The van der Waals surface area contributed by atoms with Crippen molar-refractivity contribution in [1.29, 1.82) is 0 Å². The summed E-state index contributed by atoms with van der Waals surface area (Å²) in [5, 5.41) is 3.01. The van der Waals surface area contributed by atoms with E-state index in [4.69, 9.17) is 14.2 Å². The summed E-state index contributed by atoms with van der Waals surface area (Å²) in [5.74, 6) is 1.33. The number of amides is 2. The van der Waals surface area contributed by atoms with Crippen LogP contribution in [0.15, 0.2) is 109 Å². The van der Waals surface area contributed by atoms with Crippen molar-refractivity contribution in [2.45, 2.75) is 19.1 Å². The molecule has 200 valence electrons.